The summed E-state index contributed by atoms with van der Waals surface area (Å²) >= 11 is 0. The fourth-order valence-corrected chi connectivity index (χ4v) is 8.36. The van der Waals surface area contributed by atoms with Crippen molar-refractivity contribution in [2.45, 2.75) is 13.1 Å². The summed E-state index contributed by atoms with van der Waals surface area (Å²) in [6, 6.07) is 71.8. The number of benzene rings is 8. The summed E-state index contributed by atoms with van der Waals surface area (Å²) in [6.07, 6.45) is 0. The van der Waals surface area contributed by atoms with E-state index in [1.165, 1.54) is 65.9 Å². The number of aromatic nitrogens is 2. The van der Waals surface area contributed by atoms with Gasteiger partial charge in [-0.25, -0.2) is 5.01 Å². The van der Waals surface area contributed by atoms with Gasteiger partial charge in [-0.3, -0.25) is 4.99 Å². The molecule has 0 aliphatic carbocycles. The standard InChI is InChI=1S/C52H41N5/c1-53-52(41-19-7-3-8-20-41)54-55(35-37-28-30-40(31-29-37)39-17-5-2-6-18-39)36-38-16-15-23-43(32-38)57-49-27-14-12-25-45(49)47-33-46-44-24-11-13-26-48(44)56(50(46)34-51(47)57)42-21-9-4-10-22-42/h2-34H,35-36H2,1H3,(H,53,54). The molecule has 0 saturated heterocycles. The first kappa shape index (κ1) is 34.3. The van der Waals surface area contributed by atoms with Gasteiger partial charge in [0.2, 0.25) is 0 Å². The van der Waals surface area contributed by atoms with Crippen molar-refractivity contribution in [1.82, 2.24) is 19.6 Å². The quantitative estimate of drug-likeness (QED) is 0.0910. The molecule has 0 bridgehead atoms. The molecule has 0 saturated carbocycles. The second kappa shape index (κ2) is 14.8. The summed E-state index contributed by atoms with van der Waals surface area (Å²) in [7, 11) is 1.85. The summed E-state index contributed by atoms with van der Waals surface area (Å²) in [5.74, 6) is 0.827. The van der Waals surface area contributed by atoms with Gasteiger partial charge in [0.15, 0.2) is 0 Å². The lowest BCUT2D eigenvalue weighted by Crippen LogP contribution is -2.41. The maximum atomic E-state index is 4.69. The molecule has 0 atom stereocenters. The summed E-state index contributed by atoms with van der Waals surface area (Å²) in [6.45, 7) is 1.34. The van der Waals surface area contributed by atoms with Crippen LogP contribution in [-0.4, -0.2) is 27.0 Å². The van der Waals surface area contributed by atoms with E-state index in [0.29, 0.717) is 13.1 Å². The van der Waals surface area contributed by atoms with E-state index in [1.54, 1.807) is 0 Å². The minimum Gasteiger partial charge on any atom is -0.309 e. The van der Waals surface area contributed by atoms with E-state index in [2.05, 4.69) is 219 Å². The average molecular weight is 736 g/mol. The first-order chi connectivity index (χ1) is 28.2. The summed E-state index contributed by atoms with van der Waals surface area (Å²) in [5.41, 5.74) is 16.6. The second-order valence-corrected chi connectivity index (χ2v) is 14.6. The molecule has 5 nitrogen and oxygen atoms in total. The molecule has 0 fully saturated rings. The predicted molar refractivity (Wildman–Crippen MR) is 238 cm³/mol. The number of para-hydroxylation sites is 3. The molecule has 0 amide bonds. The van der Waals surface area contributed by atoms with Crippen molar-refractivity contribution >= 4 is 49.4 Å². The molecule has 1 N–H and O–H groups in total. The molecule has 0 unspecified atom stereocenters. The number of hydrogen-bond donors (Lipinski definition) is 1. The second-order valence-electron chi connectivity index (χ2n) is 14.6. The maximum absolute atomic E-state index is 4.69. The van der Waals surface area contributed by atoms with E-state index in [0.717, 1.165) is 22.8 Å². The van der Waals surface area contributed by atoms with Gasteiger partial charge in [0.05, 0.1) is 22.1 Å². The van der Waals surface area contributed by atoms with Gasteiger partial charge >= 0.3 is 0 Å². The number of hydrazine groups is 1. The number of hydrogen-bond acceptors (Lipinski definition) is 2. The molecule has 10 rings (SSSR count). The van der Waals surface area contributed by atoms with E-state index in [1.807, 2.05) is 13.1 Å². The van der Waals surface area contributed by atoms with E-state index >= 15 is 0 Å². The number of amidine groups is 1. The largest absolute Gasteiger partial charge is 0.309 e. The smallest absolute Gasteiger partial charge is 0.142 e. The van der Waals surface area contributed by atoms with Gasteiger partial charge < -0.3 is 14.6 Å². The first-order valence-electron chi connectivity index (χ1n) is 19.5. The Labute approximate surface area is 332 Å². The summed E-state index contributed by atoms with van der Waals surface area (Å²) in [5, 5.41) is 7.26. The third kappa shape index (κ3) is 6.44. The van der Waals surface area contributed by atoms with E-state index in [-0.39, 0.29) is 0 Å². The molecular formula is C52H41N5. The van der Waals surface area contributed by atoms with E-state index < -0.39 is 0 Å². The van der Waals surface area contributed by atoms with Crippen LogP contribution in [0.25, 0.3) is 66.1 Å². The lowest BCUT2D eigenvalue weighted by molar-refractivity contribution is 0.216. The number of nitrogens with zero attached hydrogens (tertiary/aromatic N) is 4. The van der Waals surface area contributed by atoms with Crippen LogP contribution in [-0.2, 0) is 13.1 Å². The minimum absolute atomic E-state index is 0.657. The van der Waals surface area contributed by atoms with Crippen LogP contribution in [0.4, 0.5) is 0 Å². The van der Waals surface area contributed by atoms with Crippen molar-refractivity contribution in [3.8, 4) is 22.5 Å². The van der Waals surface area contributed by atoms with Crippen molar-refractivity contribution in [3.05, 3.63) is 217 Å². The zero-order valence-electron chi connectivity index (χ0n) is 31.8. The average Bonchev–Trinajstić information content (AvgIpc) is 3.78. The lowest BCUT2D eigenvalue weighted by Gasteiger charge is -2.26. The molecule has 0 radical (unpaired) electrons. The molecule has 0 aliphatic heterocycles. The monoisotopic (exact) mass is 735 g/mol. The lowest BCUT2D eigenvalue weighted by atomic mass is 10.0. The zero-order valence-corrected chi connectivity index (χ0v) is 31.8. The van der Waals surface area contributed by atoms with Crippen molar-refractivity contribution in [2.24, 2.45) is 4.99 Å². The molecule has 57 heavy (non-hydrogen) atoms. The molecule has 10 aromatic rings. The minimum atomic E-state index is 0.657. The van der Waals surface area contributed by atoms with Crippen LogP contribution in [0.5, 0.6) is 0 Å². The molecule has 0 aliphatic rings. The van der Waals surface area contributed by atoms with Gasteiger partial charge in [-0.2, -0.15) is 0 Å². The van der Waals surface area contributed by atoms with Crippen molar-refractivity contribution in [1.29, 1.82) is 0 Å². The van der Waals surface area contributed by atoms with Gasteiger partial charge in [-0.15, -0.1) is 0 Å². The fourth-order valence-electron chi connectivity index (χ4n) is 8.36. The molecule has 2 heterocycles. The Bertz CT molecular complexity index is 3030. The molecule has 2 aromatic heterocycles. The molecule has 0 spiro atoms. The van der Waals surface area contributed by atoms with Crippen molar-refractivity contribution in [2.75, 3.05) is 7.05 Å². The highest BCUT2D eigenvalue weighted by Crippen LogP contribution is 2.39. The van der Waals surface area contributed by atoms with Gasteiger partial charge in [0.25, 0.3) is 0 Å². The van der Waals surface area contributed by atoms with Crippen LogP contribution in [0.2, 0.25) is 0 Å². The first-order valence-corrected chi connectivity index (χ1v) is 19.5. The highest BCUT2D eigenvalue weighted by molar-refractivity contribution is 6.19. The fraction of sp³-hybridized carbons (Fsp3) is 0.0577. The Morgan fingerprint density at radius 3 is 1.61 bits per heavy atom. The maximum Gasteiger partial charge on any atom is 0.142 e. The van der Waals surface area contributed by atoms with Gasteiger partial charge in [-0.1, -0.05) is 152 Å². The van der Waals surface area contributed by atoms with Gasteiger partial charge in [0.1, 0.15) is 5.84 Å². The van der Waals surface area contributed by atoms with Crippen LogP contribution in [0, 0.1) is 0 Å². The molecule has 5 heteroatoms. The topological polar surface area (TPSA) is 37.5 Å². The van der Waals surface area contributed by atoms with Crippen LogP contribution >= 0.6 is 0 Å². The zero-order chi connectivity index (χ0) is 38.1. The van der Waals surface area contributed by atoms with E-state index in [9.17, 15) is 0 Å². The number of fused-ring (bicyclic) bond motifs is 6. The van der Waals surface area contributed by atoms with Crippen molar-refractivity contribution < 1.29 is 0 Å². The van der Waals surface area contributed by atoms with E-state index in [4.69, 9.17) is 0 Å². The van der Waals surface area contributed by atoms with Crippen LogP contribution < -0.4 is 5.43 Å². The van der Waals surface area contributed by atoms with Crippen LogP contribution in [0.3, 0.4) is 0 Å². The number of rotatable bonds is 9. The van der Waals surface area contributed by atoms with Crippen molar-refractivity contribution in [3.63, 3.8) is 0 Å². The SMILES string of the molecule is CN=C(NN(Cc1ccc(-c2ccccc2)cc1)Cc1cccc(-n2c3ccccc3c3cc4c5ccccc5n(-c5ccccc5)c4cc32)c1)c1ccccc1. The Morgan fingerprint density at radius 2 is 0.965 bits per heavy atom. The van der Waals surface area contributed by atoms with Gasteiger partial charge in [-0.05, 0) is 70.8 Å². The number of aliphatic imine (C=N–C) groups is 1. The summed E-state index contributed by atoms with van der Waals surface area (Å²) in [4.78, 5) is 4.69. The predicted octanol–water partition coefficient (Wildman–Crippen LogP) is 12.1. The molecule has 274 valence electrons. The Balaban J connectivity index is 1.07. The van der Waals surface area contributed by atoms with Gasteiger partial charge in [0, 0.05) is 58.6 Å². The number of nitrogens with one attached hydrogen (secondary N) is 1. The third-order valence-corrected chi connectivity index (χ3v) is 11.0. The molecule has 8 aromatic carbocycles. The Hall–Kier alpha value is -7.21. The normalized spacial score (nSPS) is 12.0. The van der Waals surface area contributed by atoms with Crippen LogP contribution in [0.15, 0.2) is 205 Å². The van der Waals surface area contributed by atoms with Crippen LogP contribution in [0.1, 0.15) is 16.7 Å². The summed E-state index contributed by atoms with van der Waals surface area (Å²) < 4.78 is 4.83. The Morgan fingerprint density at radius 1 is 0.439 bits per heavy atom. The highest BCUT2D eigenvalue weighted by atomic mass is 15.5. The third-order valence-electron chi connectivity index (χ3n) is 11.0. The highest BCUT2D eigenvalue weighted by Gasteiger charge is 2.19. The Kier molecular flexibility index (Phi) is 8.90. The molecular weight excluding hydrogens is 695 g/mol.